The number of carboxylic acid groups (broad SMARTS) is 1. The summed E-state index contributed by atoms with van der Waals surface area (Å²) in [6, 6.07) is 7.60. The van der Waals surface area contributed by atoms with Gasteiger partial charge in [0.15, 0.2) is 0 Å². The van der Waals surface area contributed by atoms with Gasteiger partial charge in [0.05, 0.1) is 12.0 Å². The topological polar surface area (TPSA) is 89.9 Å². The summed E-state index contributed by atoms with van der Waals surface area (Å²) in [4.78, 5) is 39.6. The van der Waals surface area contributed by atoms with Crippen molar-refractivity contribution in [2.24, 2.45) is 5.41 Å². The monoisotopic (exact) mass is 393 g/mol. The van der Waals surface area contributed by atoms with Gasteiger partial charge in [-0.25, -0.2) is 0 Å². The Hall–Kier alpha value is -2.28. The van der Waals surface area contributed by atoms with Crippen LogP contribution in [0.25, 0.3) is 0 Å². The summed E-state index contributed by atoms with van der Waals surface area (Å²) in [5.41, 5.74) is 0.136. The SMILES string of the molecule is O=C(CC1(C(=O)O)CCC1)NCC(=O)N1CCN(c2ccc(Cl)cc2)CC1. The molecule has 2 amide bonds. The van der Waals surface area contributed by atoms with Crippen LogP contribution in [-0.2, 0) is 14.4 Å². The molecule has 1 aliphatic carbocycles. The molecule has 2 aliphatic rings. The van der Waals surface area contributed by atoms with Gasteiger partial charge in [0, 0.05) is 43.3 Å². The molecule has 2 fully saturated rings. The van der Waals surface area contributed by atoms with E-state index in [-0.39, 0.29) is 24.8 Å². The predicted octanol–water partition coefficient (Wildman–Crippen LogP) is 1.75. The molecule has 1 aromatic carbocycles. The Morgan fingerprint density at radius 1 is 1.07 bits per heavy atom. The number of hydrogen-bond donors (Lipinski definition) is 2. The second kappa shape index (κ2) is 8.17. The number of benzene rings is 1. The standard InChI is InChI=1S/C19H24ClN3O4/c20-14-2-4-15(5-3-14)22-8-10-23(11-9-22)17(25)13-21-16(24)12-19(18(26)27)6-1-7-19/h2-5H,1,6-13H2,(H,21,24)(H,26,27). The zero-order valence-corrected chi connectivity index (χ0v) is 15.9. The molecule has 1 saturated heterocycles. The Morgan fingerprint density at radius 3 is 2.22 bits per heavy atom. The third-order valence-corrected chi connectivity index (χ3v) is 5.78. The number of nitrogens with zero attached hydrogens (tertiary/aromatic N) is 2. The van der Waals surface area contributed by atoms with Crippen LogP contribution in [0.3, 0.4) is 0 Å². The van der Waals surface area contributed by atoms with Crippen molar-refractivity contribution >= 4 is 35.1 Å². The molecule has 0 spiro atoms. The Bertz CT molecular complexity index is 710. The van der Waals surface area contributed by atoms with E-state index in [1.54, 1.807) is 4.90 Å². The molecule has 1 heterocycles. The molecule has 7 nitrogen and oxygen atoms in total. The molecule has 0 unspecified atom stereocenters. The van der Waals surface area contributed by atoms with Gasteiger partial charge in [-0.2, -0.15) is 0 Å². The van der Waals surface area contributed by atoms with Gasteiger partial charge in [-0.05, 0) is 37.1 Å². The molecule has 1 aromatic rings. The fraction of sp³-hybridized carbons (Fsp3) is 0.526. The average Bonchev–Trinajstić information content (AvgIpc) is 2.63. The van der Waals surface area contributed by atoms with E-state index in [1.165, 1.54) is 0 Å². The summed E-state index contributed by atoms with van der Waals surface area (Å²) in [5.74, 6) is -1.43. The third-order valence-electron chi connectivity index (χ3n) is 5.52. The quantitative estimate of drug-likeness (QED) is 0.768. The van der Waals surface area contributed by atoms with Crippen molar-refractivity contribution in [3.8, 4) is 0 Å². The second-order valence-corrected chi connectivity index (χ2v) is 7.67. The summed E-state index contributed by atoms with van der Waals surface area (Å²) in [6.45, 7) is 2.50. The van der Waals surface area contributed by atoms with Gasteiger partial charge in [-0.1, -0.05) is 18.0 Å². The molecule has 2 N–H and O–H groups in total. The van der Waals surface area contributed by atoms with Crippen molar-refractivity contribution in [1.29, 1.82) is 0 Å². The molecule has 8 heteroatoms. The highest BCUT2D eigenvalue weighted by Gasteiger charge is 2.45. The third kappa shape index (κ3) is 4.53. The lowest BCUT2D eigenvalue weighted by Crippen LogP contribution is -2.51. The Morgan fingerprint density at radius 2 is 1.70 bits per heavy atom. The maximum atomic E-state index is 12.3. The first-order valence-electron chi connectivity index (χ1n) is 9.18. The smallest absolute Gasteiger partial charge is 0.310 e. The molecule has 3 rings (SSSR count). The Kier molecular flexibility index (Phi) is 5.89. The molecule has 146 valence electrons. The molecule has 27 heavy (non-hydrogen) atoms. The fourth-order valence-corrected chi connectivity index (χ4v) is 3.72. The minimum Gasteiger partial charge on any atom is -0.481 e. The number of amides is 2. The normalized spacial score (nSPS) is 18.6. The minimum atomic E-state index is -0.933. The molecule has 0 radical (unpaired) electrons. The number of rotatable bonds is 6. The number of piperazine rings is 1. The van der Waals surface area contributed by atoms with Crippen molar-refractivity contribution in [1.82, 2.24) is 10.2 Å². The van der Waals surface area contributed by atoms with Crippen LogP contribution < -0.4 is 10.2 Å². The highest BCUT2D eigenvalue weighted by Crippen LogP contribution is 2.44. The minimum absolute atomic E-state index is 0.0556. The number of nitrogens with one attached hydrogen (secondary N) is 1. The van der Waals surface area contributed by atoms with Crippen molar-refractivity contribution in [3.05, 3.63) is 29.3 Å². The summed E-state index contributed by atoms with van der Waals surface area (Å²) < 4.78 is 0. The lowest BCUT2D eigenvalue weighted by atomic mass is 9.66. The maximum absolute atomic E-state index is 12.3. The van der Waals surface area contributed by atoms with Gasteiger partial charge in [-0.3, -0.25) is 14.4 Å². The van der Waals surface area contributed by atoms with E-state index in [0.29, 0.717) is 44.0 Å². The molecule has 0 bridgehead atoms. The second-order valence-electron chi connectivity index (χ2n) is 7.24. The molecule has 1 saturated carbocycles. The first-order valence-corrected chi connectivity index (χ1v) is 9.56. The molecular weight excluding hydrogens is 370 g/mol. The number of anilines is 1. The number of aliphatic carboxylic acids is 1. The highest BCUT2D eigenvalue weighted by atomic mass is 35.5. The molecule has 0 atom stereocenters. The van der Waals surface area contributed by atoms with Crippen molar-refractivity contribution in [2.75, 3.05) is 37.6 Å². The van der Waals surface area contributed by atoms with Crippen LogP contribution in [0, 0.1) is 5.41 Å². The van der Waals surface area contributed by atoms with E-state index in [0.717, 1.165) is 12.1 Å². The number of carbonyl (C=O) groups is 3. The fourth-order valence-electron chi connectivity index (χ4n) is 3.59. The van der Waals surface area contributed by atoms with Gasteiger partial charge >= 0.3 is 5.97 Å². The average molecular weight is 394 g/mol. The van der Waals surface area contributed by atoms with E-state index in [4.69, 9.17) is 11.6 Å². The highest BCUT2D eigenvalue weighted by molar-refractivity contribution is 6.30. The first-order chi connectivity index (χ1) is 12.9. The zero-order valence-electron chi connectivity index (χ0n) is 15.1. The summed E-state index contributed by atoms with van der Waals surface area (Å²) in [6.07, 6.45) is 1.82. The van der Waals surface area contributed by atoms with Crippen LogP contribution >= 0.6 is 11.6 Å². The Balaban J connectivity index is 1.42. The van der Waals surface area contributed by atoms with E-state index >= 15 is 0 Å². The summed E-state index contributed by atoms with van der Waals surface area (Å²) >= 11 is 5.91. The van der Waals surface area contributed by atoms with E-state index < -0.39 is 11.4 Å². The van der Waals surface area contributed by atoms with Crippen molar-refractivity contribution in [3.63, 3.8) is 0 Å². The van der Waals surface area contributed by atoms with Gasteiger partial charge < -0.3 is 20.2 Å². The summed E-state index contributed by atoms with van der Waals surface area (Å²) in [7, 11) is 0. The largest absolute Gasteiger partial charge is 0.481 e. The van der Waals surface area contributed by atoms with Crippen molar-refractivity contribution in [2.45, 2.75) is 25.7 Å². The number of carboxylic acids is 1. The lowest BCUT2D eigenvalue weighted by Gasteiger charge is -2.37. The van der Waals surface area contributed by atoms with E-state index in [2.05, 4.69) is 10.2 Å². The van der Waals surface area contributed by atoms with Gasteiger partial charge in [0.2, 0.25) is 11.8 Å². The van der Waals surface area contributed by atoms with E-state index in [1.807, 2.05) is 24.3 Å². The maximum Gasteiger partial charge on any atom is 0.310 e. The molecule has 1 aliphatic heterocycles. The molecular formula is C19H24ClN3O4. The van der Waals surface area contributed by atoms with Crippen molar-refractivity contribution < 1.29 is 19.5 Å². The predicted molar refractivity (Wildman–Crippen MR) is 102 cm³/mol. The van der Waals surface area contributed by atoms with Crippen LogP contribution in [0.2, 0.25) is 5.02 Å². The number of hydrogen-bond acceptors (Lipinski definition) is 4. The van der Waals surface area contributed by atoms with Crippen LogP contribution in [0.1, 0.15) is 25.7 Å². The van der Waals surface area contributed by atoms with Crippen LogP contribution in [-0.4, -0.2) is 60.5 Å². The van der Waals surface area contributed by atoms with Gasteiger partial charge in [0.25, 0.3) is 0 Å². The van der Waals surface area contributed by atoms with Gasteiger partial charge in [0.1, 0.15) is 0 Å². The van der Waals surface area contributed by atoms with Crippen LogP contribution in [0.15, 0.2) is 24.3 Å². The first kappa shape index (κ1) is 19.5. The van der Waals surface area contributed by atoms with Crippen LogP contribution in [0.5, 0.6) is 0 Å². The number of carbonyl (C=O) groups excluding carboxylic acids is 2. The number of halogens is 1. The van der Waals surface area contributed by atoms with E-state index in [9.17, 15) is 19.5 Å². The van der Waals surface area contributed by atoms with Crippen LogP contribution in [0.4, 0.5) is 5.69 Å². The van der Waals surface area contributed by atoms with Gasteiger partial charge in [-0.15, -0.1) is 0 Å². The Labute approximate surface area is 163 Å². The summed E-state index contributed by atoms with van der Waals surface area (Å²) in [5, 5.41) is 12.6. The molecule has 0 aromatic heterocycles. The lowest BCUT2D eigenvalue weighted by molar-refractivity contribution is -0.157. The zero-order chi connectivity index (χ0) is 19.4.